The molecule has 0 saturated carbocycles. The Kier molecular flexibility index (Phi) is 4.70. The molecule has 0 spiro atoms. The van der Waals surface area contributed by atoms with Gasteiger partial charge >= 0.3 is 0 Å². The lowest BCUT2D eigenvalue weighted by Gasteiger charge is -2.09. The first-order valence-corrected chi connectivity index (χ1v) is 7.11. The highest BCUT2D eigenvalue weighted by Gasteiger charge is 2.05. The molecule has 3 heteroatoms. The van der Waals surface area contributed by atoms with Crippen LogP contribution in [-0.4, -0.2) is 6.54 Å². The van der Waals surface area contributed by atoms with Gasteiger partial charge in [-0.05, 0) is 49.7 Å². The highest BCUT2D eigenvalue weighted by atomic mass is 35.5. The zero-order valence-corrected chi connectivity index (χ0v) is 11.9. The Labute approximate surface area is 117 Å². The Morgan fingerprint density at radius 2 is 2.00 bits per heavy atom. The molecule has 0 bridgehead atoms. The Morgan fingerprint density at radius 3 is 2.72 bits per heavy atom. The summed E-state index contributed by atoms with van der Waals surface area (Å²) in [5, 5.41) is 0.771. The van der Waals surface area contributed by atoms with Crippen LogP contribution >= 0.6 is 23.4 Å². The topological polar surface area (TPSA) is 26.0 Å². The van der Waals surface area contributed by atoms with E-state index in [0.717, 1.165) is 16.3 Å². The molecule has 2 rings (SSSR count). The molecule has 0 heterocycles. The second kappa shape index (κ2) is 6.28. The number of hydrogen-bond donors (Lipinski definition) is 1. The molecule has 0 atom stereocenters. The number of benzene rings is 2. The Bertz CT molecular complexity index is 540. The second-order valence-electron chi connectivity index (χ2n) is 4.21. The van der Waals surface area contributed by atoms with Gasteiger partial charge in [0, 0.05) is 14.8 Å². The predicted octanol–water partition coefficient (Wildman–Crippen LogP) is 4.30. The van der Waals surface area contributed by atoms with Gasteiger partial charge in [0.1, 0.15) is 0 Å². The average Bonchev–Trinajstić information content (AvgIpc) is 2.33. The zero-order valence-electron chi connectivity index (χ0n) is 10.3. The van der Waals surface area contributed by atoms with E-state index in [0.29, 0.717) is 6.54 Å². The van der Waals surface area contributed by atoms with Gasteiger partial charge < -0.3 is 5.73 Å². The van der Waals surface area contributed by atoms with E-state index in [1.165, 1.54) is 16.0 Å². The van der Waals surface area contributed by atoms with Gasteiger partial charge in [-0.2, -0.15) is 0 Å². The van der Waals surface area contributed by atoms with Crippen molar-refractivity contribution in [2.75, 3.05) is 6.54 Å². The van der Waals surface area contributed by atoms with Gasteiger partial charge in [-0.3, -0.25) is 0 Å². The summed E-state index contributed by atoms with van der Waals surface area (Å²) < 4.78 is 0. The van der Waals surface area contributed by atoms with Crippen LogP contribution in [0.1, 0.15) is 11.1 Å². The molecule has 0 saturated heterocycles. The quantitative estimate of drug-likeness (QED) is 0.902. The molecule has 0 radical (unpaired) electrons. The fourth-order valence-corrected chi connectivity index (χ4v) is 3.09. The summed E-state index contributed by atoms with van der Waals surface area (Å²) in [6.07, 6.45) is 0.907. The lowest BCUT2D eigenvalue weighted by Crippen LogP contribution is -2.03. The smallest absolute Gasteiger partial charge is 0.0417 e. The third-order valence-electron chi connectivity index (χ3n) is 2.65. The Balaban J connectivity index is 2.28. The standard InChI is InChI=1S/C15H16ClNS/c1-11-5-6-15(12(9-11)7-8-17)18-14-4-2-3-13(16)10-14/h2-6,9-10H,7-8,17H2,1H3. The van der Waals surface area contributed by atoms with E-state index < -0.39 is 0 Å². The van der Waals surface area contributed by atoms with Gasteiger partial charge in [0.25, 0.3) is 0 Å². The lowest BCUT2D eigenvalue weighted by atomic mass is 10.1. The van der Waals surface area contributed by atoms with E-state index in [1.54, 1.807) is 11.8 Å². The van der Waals surface area contributed by atoms with Crippen molar-refractivity contribution in [3.05, 3.63) is 58.6 Å². The first-order valence-electron chi connectivity index (χ1n) is 5.92. The van der Waals surface area contributed by atoms with Crippen LogP contribution < -0.4 is 5.73 Å². The summed E-state index contributed by atoms with van der Waals surface area (Å²) in [7, 11) is 0. The van der Waals surface area contributed by atoms with E-state index in [1.807, 2.05) is 18.2 Å². The molecule has 2 aromatic carbocycles. The molecule has 0 aliphatic rings. The minimum atomic E-state index is 0.673. The number of halogens is 1. The lowest BCUT2D eigenvalue weighted by molar-refractivity contribution is 0.941. The molecule has 0 aromatic heterocycles. The van der Waals surface area contributed by atoms with Crippen LogP contribution in [0, 0.1) is 6.92 Å². The van der Waals surface area contributed by atoms with Crippen molar-refractivity contribution in [2.45, 2.75) is 23.1 Å². The predicted molar refractivity (Wildman–Crippen MR) is 79.5 cm³/mol. The highest BCUT2D eigenvalue weighted by Crippen LogP contribution is 2.32. The first kappa shape index (κ1) is 13.5. The van der Waals surface area contributed by atoms with Crippen LogP contribution in [0.3, 0.4) is 0 Å². The molecular formula is C15H16ClNS. The number of aryl methyl sites for hydroxylation is 1. The maximum Gasteiger partial charge on any atom is 0.0417 e. The van der Waals surface area contributed by atoms with Crippen LogP contribution in [0.25, 0.3) is 0 Å². The minimum absolute atomic E-state index is 0.673. The van der Waals surface area contributed by atoms with Gasteiger partial charge in [0.05, 0.1) is 0 Å². The van der Waals surface area contributed by atoms with Gasteiger partial charge in [-0.1, -0.05) is 47.1 Å². The van der Waals surface area contributed by atoms with Gasteiger partial charge in [-0.15, -0.1) is 0 Å². The molecule has 0 aliphatic carbocycles. The average molecular weight is 278 g/mol. The fourth-order valence-electron chi connectivity index (χ4n) is 1.82. The molecule has 0 amide bonds. The van der Waals surface area contributed by atoms with Gasteiger partial charge in [0.15, 0.2) is 0 Å². The van der Waals surface area contributed by atoms with Crippen LogP contribution in [0.15, 0.2) is 52.3 Å². The molecule has 18 heavy (non-hydrogen) atoms. The zero-order chi connectivity index (χ0) is 13.0. The third kappa shape index (κ3) is 3.52. The normalized spacial score (nSPS) is 10.6. The van der Waals surface area contributed by atoms with Crippen LogP contribution in [-0.2, 0) is 6.42 Å². The van der Waals surface area contributed by atoms with Crippen LogP contribution in [0.4, 0.5) is 0 Å². The first-order chi connectivity index (χ1) is 8.69. The largest absolute Gasteiger partial charge is 0.330 e. The van der Waals surface area contributed by atoms with E-state index in [4.69, 9.17) is 17.3 Å². The van der Waals surface area contributed by atoms with E-state index in [-0.39, 0.29) is 0 Å². The maximum atomic E-state index is 6.00. The van der Waals surface area contributed by atoms with Crippen molar-refractivity contribution < 1.29 is 0 Å². The van der Waals surface area contributed by atoms with Crippen molar-refractivity contribution in [1.82, 2.24) is 0 Å². The highest BCUT2D eigenvalue weighted by molar-refractivity contribution is 7.99. The molecule has 2 N–H and O–H groups in total. The summed E-state index contributed by atoms with van der Waals surface area (Å²) in [6, 6.07) is 14.4. The van der Waals surface area contributed by atoms with Crippen LogP contribution in [0.2, 0.25) is 5.02 Å². The molecule has 0 aliphatic heterocycles. The monoisotopic (exact) mass is 277 g/mol. The summed E-state index contributed by atoms with van der Waals surface area (Å²) in [4.78, 5) is 2.41. The Morgan fingerprint density at radius 1 is 1.17 bits per heavy atom. The molecule has 1 nitrogen and oxygen atoms in total. The summed E-state index contributed by atoms with van der Waals surface area (Å²) in [5.41, 5.74) is 8.25. The van der Waals surface area contributed by atoms with Crippen LogP contribution in [0.5, 0.6) is 0 Å². The van der Waals surface area contributed by atoms with Crippen molar-refractivity contribution in [3.63, 3.8) is 0 Å². The maximum absolute atomic E-state index is 6.00. The summed E-state index contributed by atoms with van der Waals surface area (Å²) >= 11 is 7.74. The van der Waals surface area contributed by atoms with Gasteiger partial charge in [0.2, 0.25) is 0 Å². The molecule has 0 fully saturated rings. The minimum Gasteiger partial charge on any atom is -0.330 e. The molecule has 2 aromatic rings. The summed E-state index contributed by atoms with van der Waals surface area (Å²) in [6.45, 7) is 2.78. The number of hydrogen-bond acceptors (Lipinski definition) is 2. The van der Waals surface area contributed by atoms with Gasteiger partial charge in [-0.25, -0.2) is 0 Å². The van der Waals surface area contributed by atoms with E-state index in [9.17, 15) is 0 Å². The van der Waals surface area contributed by atoms with E-state index >= 15 is 0 Å². The Hall–Kier alpha value is -0.960. The number of nitrogens with two attached hydrogens (primary N) is 1. The summed E-state index contributed by atoms with van der Waals surface area (Å²) in [5.74, 6) is 0. The van der Waals surface area contributed by atoms with Crippen molar-refractivity contribution in [1.29, 1.82) is 0 Å². The van der Waals surface area contributed by atoms with Crippen molar-refractivity contribution in [3.8, 4) is 0 Å². The fraction of sp³-hybridized carbons (Fsp3) is 0.200. The third-order valence-corrected chi connectivity index (χ3v) is 4.00. The SMILES string of the molecule is Cc1ccc(Sc2cccc(Cl)c2)c(CCN)c1. The molecule has 0 unspecified atom stereocenters. The number of rotatable bonds is 4. The van der Waals surface area contributed by atoms with E-state index in [2.05, 4.69) is 31.2 Å². The van der Waals surface area contributed by atoms with Crippen molar-refractivity contribution >= 4 is 23.4 Å². The molecule has 94 valence electrons. The second-order valence-corrected chi connectivity index (χ2v) is 5.76. The van der Waals surface area contributed by atoms with Crippen molar-refractivity contribution in [2.24, 2.45) is 5.73 Å². The molecular weight excluding hydrogens is 262 g/mol.